The molecule has 0 spiro atoms. The number of aromatic nitrogens is 2. The molecule has 120 valence electrons. The average molecular weight is 334 g/mol. The van der Waals surface area contributed by atoms with Gasteiger partial charge in [0.1, 0.15) is 6.61 Å². The van der Waals surface area contributed by atoms with Gasteiger partial charge in [-0.05, 0) is 18.2 Å². The third-order valence-corrected chi connectivity index (χ3v) is 3.10. The van der Waals surface area contributed by atoms with Gasteiger partial charge < -0.3 is 4.90 Å². The standard InChI is InChI=1S/C10H16N3O3PS.C3H8/c1-13(6-7-16-17(14)15-2)10-11-5-3-9(12-10)4-8-18;1-3-2/h3,5H,4,6-8H2,1-2H3;3H2,1-2H3/p+1. The molecule has 1 atom stereocenters. The summed E-state index contributed by atoms with van der Waals surface area (Å²) >= 11 is 4.17. The summed E-state index contributed by atoms with van der Waals surface area (Å²) in [5, 5.41) is 0. The number of thiol groups is 1. The van der Waals surface area contributed by atoms with E-state index in [1.165, 1.54) is 13.5 Å². The van der Waals surface area contributed by atoms with Crippen LogP contribution in [0.25, 0.3) is 0 Å². The number of hydrogen-bond donors (Lipinski definition) is 1. The molecule has 0 saturated heterocycles. The maximum atomic E-state index is 10.9. The Balaban J connectivity index is 0.00000122. The summed E-state index contributed by atoms with van der Waals surface area (Å²) in [5.41, 5.74) is 0.950. The first-order valence-electron chi connectivity index (χ1n) is 6.87. The fraction of sp³-hybridized carbons (Fsp3) is 0.692. The van der Waals surface area contributed by atoms with Gasteiger partial charge in [-0.3, -0.25) is 0 Å². The Bertz CT molecular complexity index is 410. The van der Waals surface area contributed by atoms with Crippen LogP contribution >= 0.6 is 20.9 Å². The van der Waals surface area contributed by atoms with Crippen molar-refractivity contribution in [2.24, 2.45) is 0 Å². The molecule has 0 N–H and O–H groups in total. The molecule has 1 aromatic rings. The Kier molecular flexibility index (Phi) is 12.5. The summed E-state index contributed by atoms with van der Waals surface area (Å²) in [6.07, 6.45) is 3.77. The fourth-order valence-corrected chi connectivity index (χ4v) is 1.79. The van der Waals surface area contributed by atoms with Crippen molar-refractivity contribution in [3.63, 3.8) is 0 Å². The van der Waals surface area contributed by atoms with Gasteiger partial charge in [-0.2, -0.15) is 12.6 Å². The van der Waals surface area contributed by atoms with Gasteiger partial charge in [0.25, 0.3) is 0 Å². The monoisotopic (exact) mass is 334 g/mol. The van der Waals surface area contributed by atoms with Crippen molar-refractivity contribution in [2.75, 3.05) is 38.0 Å². The lowest BCUT2D eigenvalue weighted by atomic mass is 10.3. The maximum absolute atomic E-state index is 10.9. The molecule has 1 aromatic heterocycles. The smallest absolute Gasteiger partial charge is 0.341 e. The predicted molar refractivity (Wildman–Crippen MR) is 89.4 cm³/mol. The number of likely N-dealkylation sites (N-methyl/N-ethyl adjacent to an activating group) is 1. The summed E-state index contributed by atoms with van der Waals surface area (Å²) in [6.45, 7) is 5.08. The molecular formula is C13H25N3O3PS+. The highest BCUT2D eigenvalue weighted by Crippen LogP contribution is 2.21. The van der Waals surface area contributed by atoms with Gasteiger partial charge >= 0.3 is 8.25 Å². The van der Waals surface area contributed by atoms with E-state index in [-0.39, 0.29) is 0 Å². The van der Waals surface area contributed by atoms with Gasteiger partial charge in [0, 0.05) is 30.0 Å². The van der Waals surface area contributed by atoms with Gasteiger partial charge in [0.2, 0.25) is 5.95 Å². The van der Waals surface area contributed by atoms with E-state index >= 15 is 0 Å². The number of rotatable bonds is 8. The van der Waals surface area contributed by atoms with Gasteiger partial charge in [0.15, 0.2) is 0 Å². The minimum Gasteiger partial charge on any atom is -0.341 e. The van der Waals surface area contributed by atoms with E-state index in [0.717, 1.165) is 17.9 Å². The molecule has 1 heterocycles. The number of hydrogen-bond acceptors (Lipinski definition) is 7. The highest BCUT2D eigenvalue weighted by atomic mass is 32.1. The molecule has 0 aliphatic carbocycles. The molecule has 0 saturated carbocycles. The van der Waals surface area contributed by atoms with Crippen LogP contribution in [0.2, 0.25) is 0 Å². The Labute approximate surface area is 133 Å². The predicted octanol–water partition coefficient (Wildman–Crippen LogP) is 3.12. The molecule has 0 bridgehead atoms. The third-order valence-electron chi connectivity index (χ3n) is 2.18. The molecule has 21 heavy (non-hydrogen) atoms. The van der Waals surface area contributed by atoms with Gasteiger partial charge in [-0.25, -0.2) is 9.97 Å². The summed E-state index contributed by atoms with van der Waals surface area (Å²) < 4.78 is 20.4. The lowest BCUT2D eigenvalue weighted by Crippen LogP contribution is -2.24. The largest absolute Gasteiger partial charge is 0.697 e. The van der Waals surface area contributed by atoms with Crippen LogP contribution in [0, 0.1) is 0 Å². The highest BCUT2D eigenvalue weighted by molar-refractivity contribution is 7.80. The van der Waals surface area contributed by atoms with Gasteiger partial charge in [-0.15, -0.1) is 9.05 Å². The lowest BCUT2D eigenvalue weighted by molar-refractivity contribution is 0.261. The van der Waals surface area contributed by atoms with Crippen LogP contribution in [-0.2, 0) is 20.0 Å². The normalized spacial score (nSPS) is 10.6. The molecule has 0 amide bonds. The van der Waals surface area contributed by atoms with Crippen molar-refractivity contribution in [2.45, 2.75) is 26.7 Å². The van der Waals surface area contributed by atoms with E-state index in [0.29, 0.717) is 19.1 Å². The van der Waals surface area contributed by atoms with Crippen LogP contribution in [0.5, 0.6) is 0 Å². The quantitative estimate of drug-likeness (QED) is 0.582. The zero-order chi connectivity index (χ0) is 16.1. The van der Waals surface area contributed by atoms with Crippen molar-refractivity contribution in [3.05, 3.63) is 18.0 Å². The van der Waals surface area contributed by atoms with E-state index < -0.39 is 8.25 Å². The van der Waals surface area contributed by atoms with Crippen molar-refractivity contribution < 1.29 is 13.6 Å². The molecule has 8 heteroatoms. The Morgan fingerprint density at radius 3 is 2.67 bits per heavy atom. The zero-order valence-electron chi connectivity index (χ0n) is 13.2. The van der Waals surface area contributed by atoms with Crippen LogP contribution in [0.15, 0.2) is 12.3 Å². The molecule has 0 radical (unpaired) electrons. The van der Waals surface area contributed by atoms with Crippen molar-refractivity contribution >= 4 is 26.8 Å². The average Bonchev–Trinajstić information content (AvgIpc) is 2.48. The lowest BCUT2D eigenvalue weighted by Gasteiger charge is -2.15. The van der Waals surface area contributed by atoms with Crippen LogP contribution < -0.4 is 4.90 Å². The van der Waals surface area contributed by atoms with E-state index in [1.54, 1.807) is 6.20 Å². The Morgan fingerprint density at radius 1 is 1.43 bits per heavy atom. The topological polar surface area (TPSA) is 64.6 Å². The van der Waals surface area contributed by atoms with Crippen LogP contribution in [0.1, 0.15) is 26.0 Å². The minimum atomic E-state index is -2.02. The van der Waals surface area contributed by atoms with E-state index in [2.05, 4.69) is 41.0 Å². The van der Waals surface area contributed by atoms with Crippen molar-refractivity contribution in [1.82, 2.24) is 9.97 Å². The van der Waals surface area contributed by atoms with Crippen LogP contribution in [0.3, 0.4) is 0 Å². The minimum absolute atomic E-state index is 0.291. The van der Waals surface area contributed by atoms with E-state index in [4.69, 9.17) is 4.52 Å². The number of aryl methyl sites for hydroxylation is 1. The first-order valence-corrected chi connectivity index (χ1v) is 8.59. The second-order valence-electron chi connectivity index (χ2n) is 4.19. The molecule has 1 unspecified atom stereocenters. The van der Waals surface area contributed by atoms with Gasteiger partial charge in [-0.1, -0.05) is 20.3 Å². The van der Waals surface area contributed by atoms with Gasteiger partial charge in [0.05, 0.1) is 7.11 Å². The van der Waals surface area contributed by atoms with Crippen LogP contribution in [0.4, 0.5) is 5.95 Å². The first-order chi connectivity index (χ1) is 10.1. The first kappa shape index (κ1) is 20.2. The number of anilines is 1. The Morgan fingerprint density at radius 2 is 2.10 bits per heavy atom. The molecule has 0 aromatic carbocycles. The van der Waals surface area contributed by atoms with Crippen LogP contribution in [-0.4, -0.2) is 43.0 Å². The molecule has 6 nitrogen and oxygen atoms in total. The van der Waals surface area contributed by atoms with E-state index in [9.17, 15) is 4.57 Å². The summed E-state index contributed by atoms with van der Waals surface area (Å²) in [6, 6.07) is 1.87. The highest BCUT2D eigenvalue weighted by Gasteiger charge is 2.17. The molecule has 0 fully saturated rings. The third kappa shape index (κ3) is 9.74. The molecule has 1 rings (SSSR count). The summed E-state index contributed by atoms with van der Waals surface area (Å²) in [7, 11) is 1.17. The maximum Gasteiger partial charge on any atom is 0.697 e. The fourth-order valence-electron chi connectivity index (χ4n) is 1.23. The molecule has 0 aliphatic heterocycles. The second-order valence-corrected chi connectivity index (χ2v) is 5.71. The Hall–Kier alpha value is -0.750. The number of nitrogens with zero attached hydrogens (tertiary/aromatic N) is 3. The molecular weight excluding hydrogens is 309 g/mol. The van der Waals surface area contributed by atoms with Crippen molar-refractivity contribution in [3.8, 4) is 0 Å². The summed E-state index contributed by atoms with van der Waals surface area (Å²) in [5.74, 6) is 1.36. The van der Waals surface area contributed by atoms with Crippen molar-refractivity contribution in [1.29, 1.82) is 0 Å². The summed E-state index contributed by atoms with van der Waals surface area (Å²) in [4.78, 5) is 10.4. The zero-order valence-corrected chi connectivity index (χ0v) is 14.9. The second kappa shape index (κ2) is 13.0. The van der Waals surface area contributed by atoms with E-state index in [1.807, 2.05) is 18.0 Å². The molecule has 0 aliphatic rings. The SMILES string of the molecule is CCC.CO[P+](=O)OCCN(C)c1nccc(CCS)n1.